The second kappa shape index (κ2) is 11.8. The quantitative estimate of drug-likeness (QED) is 0.536. The van der Waals surface area contributed by atoms with Crippen LogP contribution in [0.15, 0.2) is 54.6 Å². The molecule has 0 aromatic heterocycles. The number of hydrogen-bond donors (Lipinski definition) is 0. The maximum atomic E-state index is 7.32. The lowest BCUT2D eigenvalue weighted by molar-refractivity contribution is 0.322. The van der Waals surface area contributed by atoms with E-state index in [0.717, 1.165) is 25.9 Å². The van der Waals surface area contributed by atoms with Crippen LogP contribution in [0.5, 0.6) is 0 Å². The third-order valence-electron chi connectivity index (χ3n) is 5.12. The molecule has 0 heterocycles. The molecule has 0 radical (unpaired) electrons. The van der Waals surface area contributed by atoms with E-state index in [0.29, 0.717) is 11.3 Å². The summed E-state index contributed by atoms with van der Waals surface area (Å²) in [5.41, 5.74) is 4.31. The van der Waals surface area contributed by atoms with Crippen LogP contribution in [0.1, 0.15) is 55.2 Å². The molecule has 2 atom stereocenters. The Hall–Kier alpha value is -1.82. The Labute approximate surface area is 169 Å². The maximum absolute atomic E-state index is 7.32. The summed E-state index contributed by atoms with van der Waals surface area (Å²) in [6.45, 7) is 3.59. The van der Waals surface area contributed by atoms with Gasteiger partial charge in [0.25, 0.3) is 0 Å². The molecule has 0 saturated heterocycles. The molecule has 0 spiro atoms. The van der Waals surface area contributed by atoms with Gasteiger partial charge in [-0.1, -0.05) is 54.6 Å². The van der Waals surface area contributed by atoms with Gasteiger partial charge in [0.15, 0.2) is 0 Å². The molecular weight excluding hydrogens is 352 g/mol. The van der Waals surface area contributed by atoms with E-state index in [1.807, 2.05) is 0 Å². The molecule has 1 saturated carbocycles. The van der Waals surface area contributed by atoms with Gasteiger partial charge in [-0.05, 0) is 68.3 Å². The van der Waals surface area contributed by atoms with Gasteiger partial charge in [-0.15, -0.1) is 11.6 Å². The molecule has 2 aromatic rings. The normalized spacial score (nSPS) is 18.6. The fourth-order valence-electron chi connectivity index (χ4n) is 3.71. The van der Waals surface area contributed by atoms with Gasteiger partial charge >= 0.3 is 0 Å². The predicted octanol–water partition coefficient (Wildman–Crippen LogP) is 6.16. The van der Waals surface area contributed by atoms with Crippen molar-refractivity contribution < 1.29 is 0 Å². The zero-order chi connectivity index (χ0) is 19.5. The van der Waals surface area contributed by atoms with E-state index in [1.54, 1.807) is 6.07 Å². The van der Waals surface area contributed by atoms with E-state index in [-0.39, 0.29) is 0 Å². The lowest BCUT2D eigenvalue weighted by atomic mass is 9.96. The van der Waals surface area contributed by atoms with Crippen molar-refractivity contribution in [2.75, 3.05) is 13.6 Å². The highest BCUT2D eigenvalue weighted by molar-refractivity contribution is 6.20. The SMILES string of the molecule is CC#N.CN(CCCc1ccc(C2CCC(Cl)C2)cc1)Cc1ccccc1. The molecule has 2 unspecified atom stereocenters. The summed E-state index contributed by atoms with van der Waals surface area (Å²) in [5.74, 6) is 0.679. The van der Waals surface area contributed by atoms with Crippen LogP contribution in [0.3, 0.4) is 0 Å². The summed E-state index contributed by atoms with van der Waals surface area (Å²) in [5, 5.41) is 7.70. The smallest absolute Gasteiger partial charge is 0.0587 e. The van der Waals surface area contributed by atoms with Crippen LogP contribution in [0, 0.1) is 11.3 Å². The lowest BCUT2D eigenvalue weighted by Gasteiger charge is -2.16. The Morgan fingerprint density at radius 2 is 1.70 bits per heavy atom. The molecule has 3 heteroatoms. The zero-order valence-corrected chi connectivity index (χ0v) is 17.3. The topological polar surface area (TPSA) is 27.0 Å². The third kappa shape index (κ3) is 7.75. The molecular formula is C24H31ClN2. The first kappa shape index (κ1) is 21.5. The van der Waals surface area contributed by atoms with Crippen molar-refractivity contribution >= 4 is 11.6 Å². The van der Waals surface area contributed by atoms with Gasteiger partial charge in [0.1, 0.15) is 0 Å². The van der Waals surface area contributed by atoms with Crippen LogP contribution in [0.4, 0.5) is 0 Å². The predicted molar refractivity (Wildman–Crippen MR) is 115 cm³/mol. The number of alkyl halides is 1. The van der Waals surface area contributed by atoms with Gasteiger partial charge in [-0.3, -0.25) is 0 Å². The van der Waals surface area contributed by atoms with Crippen molar-refractivity contribution in [2.45, 2.75) is 56.9 Å². The van der Waals surface area contributed by atoms with Gasteiger partial charge in [0.05, 0.1) is 6.07 Å². The monoisotopic (exact) mass is 382 g/mol. The van der Waals surface area contributed by atoms with Gasteiger partial charge in [-0.2, -0.15) is 5.26 Å². The van der Waals surface area contributed by atoms with Crippen molar-refractivity contribution in [3.8, 4) is 6.07 Å². The van der Waals surface area contributed by atoms with Crippen LogP contribution >= 0.6 is 11.6 Å². The highest BCUT2D eigenvalue weighted by Crippen LogP contribution is 2.37. The molecule has 1 fully saturated rings. The van der Waals surface area contributed by atoms with Crippen molar-refractivity contribution in [3.63, 3.8) is 0 Å². The summed E-state index contributed by atoms with van der Waals surface area (Å²) in [6, 6.07) is 21.7. The summed E-state index contributed by atoms with van der Waals surface area (Å²) in [4.78, 5) is 2.41. The average molecular weight is 383 g/mol. The van der Waals surface area contributed by atoms with Gasteiger partial charge in [-0.25, -0.2) is 0 Å². The fourth-order valence-corrected chi connectivity index (χ4v) is 4.05. The number of nitrogens with zero attached hydrogens (tertiary/aromatic N) is 2. The van der Waals surface area contributed by atoms with Crippen molar-refractivity contribution in [3.05, 3.63) is 71.3 Å². The maximum Gasteiger partial charge on any atom is 0.0587 e. The molecule has 1 aliphatic carbocycles. The Morgan fingerprint density at radius 1 is 1.04 bits per heavy atom. The molecule has 1 aliphatic rings. The molecule has 3 rings (SSSR count). The summed E-state index contributed by atoms with van der Waals surface area (Å²) < 4.78 is 0. The largest absolute Gasteiger partial charge is 0.302 e. The number of hydrogen-bond acceptors (Lipinski definition) is 2. The molecule has 0 aliphatic heterocycles. The molecule has 144 valence electrons. The molecule has 2 aromatic carbocycles. The fraction of sp³-hybridized carbons (Fsp3) is 0.458. The molecule has 0 amide bonds. The Morgan fingerprint density at radius 3 is 2.30 bits per heavy atom. The van der Waals surface area contributed by atoms with Crippen molar-refractivity contribution in [1.82, 2.24) is 4.90 Å². The van der Waals surface area contributed by atoms with Crippen LogP contribution in [-0.4, -0.2) is 23.9 Å². The highest BCUT2D eigenvalue weighted by Gasteiger charge is 2.23. The Kier molecular flexibility index (Phi) is 9.39. The average Bonchev–Trinajstić information content (AvgIpc) is 3.10. The number of nitriles is 1. The van der Waals surface area contributed by atoms with Gasteiger partial charge < -0.3 is 4.90 Å². The number of halogens is 1. The highest BCUT2D eigenvalue weighted by atomic mass is 35.5. The third-order valence-corrected chi connectivity index (χ3v) is 5.52. The molecule has 27 heavy (non-hydrogen) atoms. The van der Waals surface area contributed by atoms with E-state index in [2.05, 4.69) is 66.5 Å². The van der Waals surface area contributed by atoms with Gasteiger partial charge in [0.2, 0.25) is 0 Å². The van der Waals surface area contributed by atoms with E-state index >= 15 is 0 Å². The van der Waals surface area contributed by atoms with Crippen LogP contribution in [0.25, 0.3) is 0 Å². The zero-order valence-electron chi connectivity index (χ0n) is 16.6. The number of benzene rings is 2. The van der Waals surface area contributed by atoms with E-state index in [1.165, 1.54) is 42.9 Å². The Bertz CT molecular complexity index is 691. The van der Waals surface area contributed by atoms with Gasteiger partial charge in [0, 0.05) is 18.8 Å². The number of aryl methyl sites for hydroxylation is 1. The summed E-state index contributed by atoms with van der Waals surface area (Å²) >= 11 is 6.24. The second-order valence-corrected chi connectivity index (χ2v) is 8.02. The van der Waals surface area contributed by atoms with E-state index in [9.17, 15) is 0 Å². The summed E-state index contributed by atoms with van der Waals surface area (Å²) in [6.07, 6.45) is 5.92. The van der Waals surface area contributed by atoms with Crippen LogP contribution in [0.2, 0.25) is 0 Å². The second-order valence-electron chi connectivity index (χ2n) is 7.40. The van der Waals surface area contributed by atoms with Crippen molar-refractivity contribution in [2.24, 2.45) is 0 Å². The molecule has 2 nitrogen and oxygen atoms in total. The van der Waals surface area contributed by atoms with Crippen LogP contribution < -0.4 is 0 Å². The number of rotatable bonds is 7. The molecule has 0 N–H and O–H groups in total. The standard InChI is InChI=1S/C22H28ClN.C2H3N/c1-24(17-19-6-3-2-4-7-19)15-5-8-18-9-11-20(12-10-18)21-13-14-22(23)16-21;1-2-3/h2-4,6-7,9-12,21-22H,5,8,13-17H2,1H3;1H3. The minimum absolute atomic E-state index is 0.384. The summed E-state index contributed by atoms with van der Waals surface area (Å²) in [7, 11) is 2.21. The minimum Gasteiger partial charge on any atom is -0.302 e. The lowest BCUT2D eigenvalue weighted by Crippen LogP contribution is -2.19. The minimum atomic E-state index is 0.384. The first-order chi connectivity index (χ1) is 13.1. The first-order valence-corrected chi connectivity index (χ1v) is 10.3. The van der Waals surface area contributed by atoms with E-state index in [4.69, 9.17) is 16.9 Å². The molecule has 0 bridgehead atoms. The van der Waals surface area contributed by atoms with Crippen molar-refractivity contribution in [1.29, 1.82) is 5.26 Å². The van der Waals surface area contributed by atoms with Crippen LogP contribution in [-0.2, 0) is 13.0 Å². The Balaban J connectivity index is 0.000000817. The van der Waals surface area contributed by atoms with E-state index < -0.39 is 0 Å². The first-order valence-electron chi connectivity index (χ1n) is 9.88.